The predicted octanol–water partition coefficient (Wildman–Crippen LogP) is 1.60. The molecule has 17 heavy (non-hydrogen) atoms. The van der Waals surface area contributed by atoms with Crippen molar-refractivity contribution in [2.45, 2.75) is 27.2 Å². The number of nitrogens with one attached hydrogen (secondary N) is 2. The van der Waals surface area contributed by atoms with Crippen LogP contribution in [0, 0.1) is 6.92 Å². The van der Waals surface area contributed by atoms with E-state index in [-0.39, 0.29) is 0 Å². The van der Waals surface area contributed by atoms with Crippen LogP contribution in [-0.4, -0.2) is 36.2 Å². The zero-order chi connectivity index (χ0) is 12.5. The molecule has 96 valence electrons. The summed E-state index contributed by atoms with van der Waals surface area (Å²) in [6, 6.07) is 1.84. The minimum atomic E-state index is 0.621. The zero-order valence-electron chi connectivity index (χ0n) is 10.9. The quantitative estimate of drug-likeness (QED) is 0.674. The Kier molecular flexibility index (Phi) is 6.32. The third-order valence-corrected chi connectivity index (χ3v) is 2.19. The minimum absolute atomic E-state index is 0.621. The minimum Gasteiger partial charge on any atom is -0.478 e. The third-order valence-electron chi connectivity index (χ3n) is 2.19. The van der Waals surface area contributed by atoms with E-state index in [1.165, 1.54) is 0 Å². The van der Waals surface area contributed by atoms with Crippen molar-refractivity contribution >= 4 is 5.82 Å². The highest BCUT2D eigenvalue weighted by Gasteiger charge is 2.01. The first-order chi connectivity index (χ1) is 8.26. The number of nitrogens with zero attached hydrogens (tertiary/aromatic N) is 2. The lowest BCUT2D eigenvalue weighted by Crippen LogP contribution is -2.17. The zero-order valence-corrected chi connectivity index (χ0v) is 10.9. The SMILES string of the molecule is CCNCCCNc1cc(OCC)nc(C)n1. The smallest absolute Gasteiger partial charge is 0.218 e. The molecule has 0 saturated heterocycles. The Morgan fingerprint density at radius 2 is 2.06 bits per heavy atom. The second-order valence-corrected chi connectivity index (χ2v) is 3.71. The van der Waals surface area contributed by atoms with Crippen molar-refractivity contribution in [1.29, 1.82) is 0 Å². The monoisotopic (exact) mass is 238 g/mol. The Morgan fingerprint density at radius 3 is 2.76 bits per heavy atom. The molecule has 0 aliphatic heterocycles. The Bertz CT molecular complexity index is 330. The lowest BCUT2D eigenvalue weighted by atomic mass is 10.4. The predicted molar refractivity (Wildman–Crippen MR) is 69.6 cm³/mol. The van der Waals surface area contributed by atoms with Gasteiger partial charge in [0.05, 0.1) is 6.61 Å². The van der Waals surface area contributed by atoms with Gasteiger partial charge in [-0.05, 0) is 33.4 Å². The number of aromatic nitrogens is 2. The van der Waals surface area contributed by atoms with Crippen LogP contribution in [0.1, 0.15) is 26.1 Å². The lowest BCUT2D eigenvalue weighted by molar-refractivity contribution is 0.325. The van der Waals surface area contributed by atoms with Crippen LogP contribution in [0.25, 0.3) is 0 Å². The van der Waals surface area contributed by atoms with Gasteiger partial charge in [0, 0.05) is 12.6 Å². The van der Waals surface area contributed by atoms with Gasteiger partial charge >= 0.3 is 0 Å². The van der Waals surface area contributed by atoms with E-state index >= 15 is 0 Å². The molecule has 0 unspecified atom stereocenters. The average molecular weight is 238 g/mol. The van der Waals surface area contributed by atoms with Gasteiger partial charge < -0.3 is 15.4 Å². The molecule has 1 aromatic rings. The van der Waals surface area contributed by atoms with Crippen molar-refractivity contribution in [1.82, 2.24) is 15.3 Å². The van der Waals surface area contributed by atoms with Crippen molar-refractivity contribution in [3.05, 3.63) is 11.9 Å². The molecule has 0 amide bonds. The second kappa shape index (κ2) is 7.84. The fraction of sp³-hybridized carbons (Fsp3) is 0.667. The maximum absolute atomic E-state index is 5.37. The van der Waals surface area contributed by atoms with Crippen LogP contribution in [-0.2, 0) is 0 Å². The van der Waals surface area contributed by atoms with Gasteiger partial charge in [-0.25, -0.2) is 4.98 Å². The van der Waals surface area contributed by atoms with Crippen LogP contribution in [0.15, 0.2) is 6.07 Å². The summed E-state index contributed by atoms with van der Waals surface area (Å²) in [6.45, 7) is 9.47. The summed E-state index contributed by atoms with van der Waals surface area (Å²) in [5.41, 5.74) is 0. The van der Waals surface area contributed by atoms with Crippen molar-refractivity contribution in [2.75, 3.05) is 31.6 Å². The van der Waals surface area contributed by atoms with Gasteiger partial charge in [-0.1, -0.05) is 6.92 Å². The number of ether oxygens (including phenoxy) is 1. The third kappa shape index (κ3) is 5.49. The van der Waals surface area contributed by atoms with Gasteiger partial charge in [0.2, 0.25) is 5.88 Å². The Balaban J connectivity index is 2.41. The van der Waals surface area contributed by atoms with E-state index < -0.39 is 0 Å². The molecule has 1 rings (SSSR count). The summed E-state index contributed by atoms with van der Waals surface area (Å²) < 4.78 is 5.37. The van der Waals surface area contributed by atoms with Gasteiger partial charge in [0.1, 0.15) is 11.6 Å². The van der Waals surface area contributed by atoms with E-state index in [4.69, 9.17) is 4.74 Å². The van der Waals surface area contributed by atoms with Gasteiger partial charge in [-0.2, -0.15) is 4.98 Å². The molecule has 2 N–H and O–H groups in total. The maximum Gasteiger partial charge on any atom is 0.218 e. The molecule has 1 aromatic heterocycles. The Hall–Kier alpha value is -1.36. The number of rotatable bonds is 8. The van der Waals surface area contributed by atoms with Crippen LogP contribution in [0.5, 0.6) is 5.88 Å². The topological polar surface area (TPSA) is 59.1 Å². The van der Waals surface area contributed by atoms with E-state index in [0.717, 1.165) is 37.7 Å². The summed E-state index contributed by atoms with van der Waals surface area (Å²) >= 11 is 0. The molecule has 0 radical (unpaired) electrons. The largest absolute Gasteiger partial charge is 0.478 e. The fourth-order valence-corrected chi connectivity index (χ4v) is 1.46. The van der Waals surface area contributed by atoms with Gasteiger partial charge in [0.15, 0.2) is 0 Å². The summed E-state index contributed by atoms with van der Waals surface area (Å²) in [5, 5.41) is 6.55. The first-order valence-corrected chi connectivity index (χ1v) is 6.19. The fourth-order valence-electron chi connectivity index (χ4n) is 1.46. The van der Waals surface area contributed by atoms with E-state index in [2.05, 4.69) is 27.5 Å². The number of hydrogen-bond acceptors (Lipinski definition) is 5. The molecule has 0 aromatic carbocycles. The highest BCUT2D eigenvalue weighted by molar-refractivity contribution is 5.38. The number of anilines is 1. The van der Waals surface area contributed by atoms with E-state index in [1.807, 2.05) is 19.9 Å². The first kappa shape index (κ1) is 13.7. The average Bonchev–Trinajstić information content (AvgIpc) is 2.28. The summed E-state index contributed by atoms with van der Waals surface area (Å²) in [7, 11) is 0. The van der Waals surface area contributed by atoms with Crippen molar-refractivity contribution in [2.24, 2.45) is 0 Å². The molecule has 5 heteroatoms. The number of aryl methyl sites for hydroxylation is 1. The van der Waals surface area contributed by atoms with Gasteiger partial charge in [0.25, 0.3) is 0 Å². The molecule has 0 saturated carbocycles. The number of hydrogen-bond donors (Lipinski definition) is 2. The molecule has 0 aliphatic rings. The standard InChI is InChI=1S/C12H22N4O/c1-4-13-7-6-8-14-11-9-12(17-5-2)16-10(3)15-11/h9,13H,4-8H2,1-3H3,(H,14,15,16). The van der Waals surface area contributed by atoms with Crippen molar-refractivity contribution in [3.8, 4) is 5.88 Å². The van der Waals surface area contributed by atoms with Crippen molar-refractivity contribution < 1.29 is 4.74 Å². The molecule has 1 heterocycles. The molecule has 0 bridgehead atoms. The summed E-state index contributed by atoms with van der Waals surface area (Å²) in [6.07, 6.45) is 1.07. The van der Waals surface area contributed by atoms with Crippen LogP contribution in [0.4, 0.5) is 5.82 Å². The molecule has 0 fully saturated rings. The van der Waals surface area contributed by atoms with Gasteiger partial charge in [-0.15, -0.1) is 0 Å². The van der Waals surface area contributed by atoms with E-state index in [1.54, 1.807) is 0 Å². The molecule has 0 spiro atoms. The van der Waals surface area contributed by atoms with Crippen LogP contribution >= 0.6 is 0 Å². The molecular formula is C12H22N4O. The second-order valence-electron chi connectivity index (χ2n) is 3.71. The van der Waals surface area contributed by atoms with E-state index in [9.17, 15) is 0 Å². The lowest BCUT2D eigenvalue weighted by Gasteiger charge is -2.08. The summed E-state index contributed by atoms with van der Waals surface area (Å²) in [4.78, 5) is 8.51. The van der Waals surface area contributed by atoms with Crippen molar-refractivity contribution in [3.63, 3.8) is 0 Å². The molecule has 0 aliphatic carbocycles. The van der Waals surface area contributed by atoms with Crippen LogP contribution in [0.3, 0.4) is 0 Å². The van der Waals surface area contributed by atoms with E-state index in [0.29, 0.717) is 12.5 Å². The molecule has 0 atom stereocenters. The normalized spacial score (nSPS) is 10.3. The Labute approximate surface area is 103 Å². The molecule has 5 nitrogen and oxygen atoms in total. The molecular weight excluding hydrogens is 216 g/mol. The first-order valence-electron chi connectivity index (χ1n) is 6.19. The maximum atomic E-state index is 5.37. The highest BCUT2D eigenvalue weighted by atomic mass is 16.5. The summed E-state index contributed by atoms with van der Waals surface area (Å²) in [5.74, 6) is 2.19. The van der Waals surface area contributed by atoms with Gasteiger partial charge in [-0.3, -0.25) is 0 Å². The Morgan fingerprint density at radius 1 is 1.24 bits per heavy atom. The van der Waals surface area contributed by atoms with Crippen LogP contribution in [0.2, 0.25) is 0 Å². The van der Waals surface area contributed by atoms with Crippen LogP contribution < -0.4 is 15.4 Å². The highest BCUT2D eigenvalue weighted by Crippen LogP contribution is 2.12.